The number of allylic oxidation sites excluding steroid dienone is 1. The number of carbonyl (C=O) groups is 4. The van der Waals surface area contributed by atoms with E-state index in [0.29, 0.717) is 77.4 Å². The van der Waals surface area contributed by atoms with Gasteiger partial charge in [-0.05, 0) is 73.7 Å². The number of hydrogen-bond donors (Lipinski definition) is 2. The highest BCUT2D eigenvalue weighted by molar-refractivity contribution is 6.24. The predicted octanol–water partition coefficient (Wildman–Crippen LogP) is 4.29. The quantitative estimate of drug-likeness (QED) is 0.0873. The van der Waals surface area contributed by atoms with Crippen LogP contribution in [0.15, 0.2) is 78.2 Å². The largest absolute Gasteiger partial charge is 0.371 e. The predicted molar refractivity (Wildman–Crippen MR) is 237 cm³/mol. The fourth-order valence-electron chi connectivity index (χ4n) is 9.48. The van der Waals surface area contributed by atoms with Crippen molar-refractivity contribution in [3.05, 3.63) is 106 Å². The molecule has 3 aromatic heterocycles. The molecule has 3 aliphatic heterocycles. The van der Waals surface area contributed by atoms with E-state index in [1.807, 2.05) is 24.3 Å². The van der Waals surface area contributed by atoms with E-state index >= 15 is 0 Å². The van der Waals surface area contributed by atoms with Crippen LogP contribution in [-0.4, -0.2) is 117 Å². The summed E-state index contributed by atoms with van der Waals surface area (Å²) in [5, 5.41) is 6.26. The average Bonchev–Trinajstić information content (AvgIpc) is 3.91. The number of aryl methyl sites for hydroxylation is 1. The molecule has 4 aliphatic rings. The smallest absolute Gasteiger partial charge is 0.278 e. The molecule has 2 atom stereocenters. The van der Waals surface area contributed by atoms with Gasteiger partial charge < -0.3 is 25.2 Å². The Kier molecular flexibility index (Phi) is 11.2. The number of aromatic nitrogens is 5. The fourth-order valence-corrected chi connectivity index (χ4v) is 9.48. The molecule has 16 heteroatoms. The number of hydrogen-bond acceptors (Lipinski definition) is 12. The third-order valence-corrected chi connectivity index (χ3v) is 12.9. The second-order valence-corrected chi connectivity index (χ2v) is 16.6. The van der Waals surface area contributed by atoms with Gasteiger partial charge in [0.2, 0.25) is 11.9 Å². The Balaban J connectivity index is 0.801. The summed E-state index contributed by atoms with van der Waals surface area (Å²) in [7, 11) is 1.51. The van der Waals surface area contributed by atoms with Crippen molar-refractivity contribution >= 4 is 58.1 Å². The van der Waals surface area contributed by atoms with Crippen LogP contribution in [0.1, 0.15) is 70.5 Å². The Bertz CT molecular complexity index is 2620. The van der Waals surface area contributed by atoms with Crippen molar-refractivity contribution in [1.29, 1.82) is 0 Å². The summed E-state index contributed by atoms with van der Waals surface area (Å²) >= 11 is 0. The van der Waals surface area contributed by atoms with Crippen LogP contribution in [0.5, 0.6) is 0 Å². The van der Waals surface area contributed by atoms with E-state index in [0.717, 1.165) is 74.0 Å². The standard InChI is InChI=1S/C46H51N11O5/c1-4-19-55-43(60)36-24-48-46(51-42(36)57(55)38-17-11-31-10-9-30(5-2)41(31)50-38)49-32-12-14-33(15-13-32)54-26-29(27-54)25-52-20-22-53(23-21-52)37-8-6-7-35-40(37)45(62)56(44(35)61)34(28-58)16-18-39(59)47-3/h4,6-8,11-15,17,24,28-30,34H,1,5,9-10,16,18-23,25-27H2,2-3H3,(H,47,59)(H,48,49,51). The van der Waals surface area contributed by atoms with Crippen molar-refractivity contribution in [3.63, 3.8) is 0 Å². The lowest BCUT2D eigenvalue weighted by molar-refractivity contribution is -0.121. The first kappa shape index (κ1) is 40.7. The third-order valence-electron chi connectivity index (χ3n) is 12.9. The van der Waals surface area contributed by atoms with E-state index in [-0.39, 0.29) is 24.3 Å². The van der Waals surface area contributed by atoms with Gasteiger partial charge in [0, 0.05) is 94.4 Å². The van der Waals surface area contributed by atoms with Crippen molar-refractivity contribution in [2.24, 2.45) is 5.92 Å². The van der Waals surface area contributed by atoms with Crippen molar-refractivity contribution in [2.45, 2.75) is 57.5 Å². The summed E-state index contributed by atoms with van der Waals surface area (Å²) in [4.78, 5) is 86.7. The highest BCUT2D eigenvalue weighted by Gasteiger charge is 2.42. The number of fused-ring (bicyclic) bond motifs is 3. The number of aldehydes is 1. The van der Waals surface area contributed by atoms with E-state index in [9.17, 15) is 24.0 Å². The van der Waals surface area contributed by atoms with Gasteiger partial charge in [0.05, 0.1) is 29.4 Å². The van der Waals surface area contributed by atoms with Crippen LogP contribution in [0.2, 0.25) is 0 Å². The molecule has 3 amide bonds. The van der Waals surface area contributed by atoms with E-state index in [4.69, 9.17) is 9.97 Å². The average molecular weight is 838 g/mol. The number of amides is 3. The molecule has 5 aromatic rings. The Morgan fingerprint density at radius 3 is 2.48 bits per heavy atom. The first-order valence-corrected chi connectivity index (χ1v) is 21.5. The molecule has 0 saturated carbocycles. The minimum Gasteiger partial charge on any atom is -0.371 e. The Morgan fingerprint density at radius 1 is 0.968 bits per heavy atom. The minimum atomic E-state index is -1.01. The molecule has 0 spiro atoms. The number of carbonyl (C=O) groups excluding carboxylic acids is 4. The Morgan fingerprint density at radius 2 is 1.76 bits per heavy atom. The molecule has 2 fully saturated rings. The van der Waals surface area contributed by atoms with Gasteiger partial charge in [0.1, 0.15) is 11.7 Å². The van der Waals surface area contributed by atoms with Crippen LogP contribution in [0.4, 0.5) is 23.0 Å². The van der Waals surface area contributed by atoms with Gasteiger partial charge in [0.15, 0.2) is 11.5 Å². The molecule has 6 heterocycles. The lowest BCUT2D eigenvalue weighted by Gasteiger charge is -2.45. The van der Waals surface area contributed by atoms with E-state index in [1.165, 1.54) is 12.6 Å². The van der Waals surface area contributed by atoms with Crippen LogP contribution in [-0.2, 0) is 22.6 Å². The van der Waals surface area contributed by atoms with Crippen LogP contribution < -0.4 is 26.0 Å². The Labute approximate surface area is 359 Å². The maximum Gasteiger partial charge on any atom is 0.278 e. The maximum atomic E-state index is 13.6. The summed E-state index contributed by atoms with van der Waals surface area (Å²) in [5.74, 6) is 0.722. The summed E-state index contributed by atoms with van der Waals surface area (Å²) in [6.07, 6.45) is 7.09. The minimum absolute atomic E-state index is 0.0347. The third kappa shape index (κ3) is 7.41. The number of imide groups is 1. The topological polar surface area (TPSA) is 171 Å². The SMILES string of the molecule is C=CCn1c(=O)c2cnc(Nc3ccc(N4CC(CN5CCN(c6cccc7c6C(=O)N(C(C=O)CCC(=O)NC)C7=O)CC5)C4)cc3)nc2n1-c1ccc2c(n1)C(CC)CC2. The molecule has 2 N–H and O–H groups in total. The van der Waals surface area contributed by atoms with Crippen LogP contribution in [0.3, 0.4) is 0 Å². The van der Waals surface area contributed by atoms with Gasteiger partial charge in [-0.25, -0.2) is 19.3 Å². The van der Waals surface area contributed by atoms with Crippen molar-refractivity contribution in [2.75, 3.05) is 68.0 Å². The fraction of sp³-hybridized carbons (Fsp3) is 0.391. The normalized spacial score (nSPS) is 18.2. The molecular formula is C46H51N11O5. The molecule has 1 aliphatic carbocycles. The number of pyridine rings is 1. The molecule has 62 heavy (non-hydrogen) atoms. The molecule has 0 radical (unpaired) electrons. The van der Waals surface area contributed by atoms with Gasteiger partial charge >= 0.3 is 0 Å². The molecule has 16 nitrogen and oxygen atoms in total. The monoisotopic (exact) mass is 837 g/mol. The van der Waals surface area contributed by atoms with Crippen molar-refractivity contribution in [1.82, 2.24) is 39.4 Å². The highest BCUT2D eigenvalue weighted by atomic mass is 16.2. The first-order valence-electron chi connectivity index (χ1n) is 21.5. The summed E-state index contributed by atoms with van der Waals surface area (Å²) < 4.78 is 3.40. The van der Waals surface area contributed by atoms with E-state index in [2.05, 4.69) is 62.0 Å². The molecule has 0 bridgehead atoms. The molecule has 2 aromatic carbocycles. The van der Waals surface area contributed by atoms with Crippen LogP contribution >= 0.6 is 0 Å². The molecule has 2 saturated heterocycles. The van der Waals surface area contributed by atoms with E-state index < -0.39 is 17.9 Å². The number of nitrogens with zero attached hydrogens (tertiary/aromatic N) is 9. The zero-order valence-corrected chi connectivity index (χ0v) is 35.1. The lowest BCUT2D eigenvalue weighted by atomic mass is 9.98. The highest BCUT2D eigenvalue weighted by Crippen LogP contribution is 2.36. The van der Waals surface area contributed by atoms with Gasteiger partial charge in [0.25, 0.3) is 17.4 Å². The van der Waals surface area contributed by atoms with Crippen molar-refractivity contribution < 1.29 is 19.2 Å². The summed E-state index contributed by atoms with van der Waals surface area (Å²) in [6, 6.07) is 16.6. The number of piperazine rings is 1. The van der Waals surface area contributed by atoms with Crippen molar-refractivity contribution in [3.8, 4) is 5.82 Å². The second kappa shape index (κ2) is 17.0. The zero-order chi connectivity index (χ0) is 43.1. The molecular weight excluding hydrogens is 787 g/mol. The molecule has 2 unspecified atom stereocenters. The molecule has 320 valence electrons. The van der Waals surface area contributed by atoms with Crippen LogP contribution in [0.25, 0.3) is 16.9 Å². The number of rotatable bonds is 15. The van der Waals surface area contributed by atoms with Gasteiger partial charge in [-0.1, -0.05) is 25.1 Å². The summed E-state index contributed by atoms with van der Waals surface area (Å²) in [6.45, 7) is 12.3. The Hall–Kier alpha value is -6.68. The van der Waals surface area contributed by atoms with Gasteiger partial charge in [-0.2, -0.15) is 4.98 Å². The number of anilines is 4. The number of benzene rings is 2. The zero-order valence-electron chi connectivity index (χ0n) is 35.1. The lowest BCUT2D eigenvalue weighted by Crippen LogP contribution is -2.55. The number of nitrogens with one attached hydrogen (secondary N) is 2. The maximum absolute atomic E-state index is 13.6. The first-order chi connectivity index (χ1) is 30.2. The van der Waals surface area contributed by atoms with Crippen LogP contribution in [0, 0.1) is 5.92 Å². The second-order valence-electron chi connectivity index (χ2n) is 16.6. The van der Waals surface area contributed by atoms with Gasteiger partial charge in [-0.3, -0.25) is 29.0 Å². The molecule has 9 rings (SSSR count). The summed E-state index contributed by atoms with van der Waals surface area (Å²) in [5.41, 5.74) is 5.97. The van der Waals surface area contributed by atoms with Gasteiger partial charge in [-0.15, -0.1) is 6.58 Å². The van der Waals surface area contributed by atoms with E-state index in [1.54, 1.807) is 33.8 Å².